The van der Waals surface area contributed by atoms with Crippen LogP contribution in [0.2, 0.25) is 0 Å². The number of anilines is 1. The molecule has 4 heteroatoms. The van der Waals surface area contributed by atoms with Crippen molar-refractivity contribution >= 4 is 27.5 Å². The number of halogens is 1. The van der Waals surface area contributed by atoms with Crippen LogP contribution in [0, 0.1) is 0 Å². The molecule has 0 atom stereocenters. The van der Waals surface area contributed by atoms with Gasteiger partial charge in [-0.15, -0.1) is 0 Å². The molecule has 0 bridgehead atoms. The molecule has 0 spiro atoms. The molecule has 2 rings (SSSR count). The van der Waals surface area contributed by atoms with Crippen LogP contribution in [-0.4, -0.2) is 12.5 Å². The van der Waals surface area contributed by atoms with Gasteiger partial charge in [-0.1, -0.05) is 30.3 Å². The third-order valence-corrected chi connectivity index (χ3v) is 3.73. The Kier molecular flexibility index (Phi) is 5.81. The molecule has 110 valence electrons. The van der Waals surface area contributed by atoms with Gasteiger partial charge in [-0.05, 0) is 53.0 Å². The monoisotopic (exact) mass is 347 g/mol. The van der Waals surface area contributed by atoms with E-state index >= 15 is 0 Å². The maximum absolute atomic E-state index is 12.0. The number of aryl methyl sites for hydroxylation is 1. The second-order valence-corrected chi connectivity index (χ2v) is 5.42. The van der Waals surface area contributed by atoms with Gasteiger partial charge < -0.3 is 10.1 Å². The van der Waals surface area contributed by atoms with Gasteiger partial charge in [0.2, 0.25) is 5.91 Å². The summed E-state index contributed by atoms with van der Waals surface area (Å²) < 4.78 is 6.45. The lowest BCUT2D eigenvalue weighted by atomic mass is 10.1. The first-order chi connectivity index (χ1) is 10.2. The fourth-order valence-electron chi connectivity index (χ4n) is 2.03. The molecule has 0 saturated heterocycles. The Labute approximate surface area is 133 Å². The van der Waals surface area contributed by atoms with E-state index in [0.717, 1.165) is 21.5 Å². The predicted octanol–water partition coefficient (Wildman–Crippen LogP) is 4.42. The zero-order chi connectivity index (χ0) is 15.1. The van der Waals surface area contributed by atoms with Gasteiger partial charge in [0.15, 0.2) is 0 Å². The molecule has 0 heterocycles. The summed E-state index contributed by atoms with van der Waals surface area (Å²) in [6.07, 6.45) is 1.08. The van der Waals surface area contributed by atoms with Gasteiger partial charge in [0.05, 0.1) is 12.3 Å². The first kappa shape index (κ1) is 15.6. The van der Waals surface area contributed by atoms with E-state index in [-0.39, 0.29) is 5.91 Å². The molecule has 2 aromatic rings. The van der Waals surface area contributed by atoms with Crippen LogP contribution in [0.15, 0.2) is 53.0 Å². The van der Waals surface area contributed by atoms with Crippen molar-refractivity contribution in [2.45, 2.75) is 19.8 Å². The molecule has 0 saturated carbocycles. The van der Waals surface area contributed by atoms with E-state index in [2.05, 4.69) is 21.2 Å². The van der Waals surface area contributed by atoms with E-state index in [9.17, 15) is 4.79 Å². The summed E-state index contributed by atoms with van der Waals surface area (Å²) in [5.74, 6) is 0.849. The van der Waals surface area contributed by atoms with Gasteiger partial charge in [-0.25, -0.2) is 0 Å². The minimum atomic E-state index is -0.00629. The highest BCUT2D eigenvalue weighted by molar-refractivity contribution is 9.10. The van der Waals surface area contributed by atoms with Gasteiger partial charge in [0.1, 0.15) is 5.75 Å². The molecule has 2 aromatic carbocycles. The van der Waals surface area contributed by atoms with Crippen molar-refractivity contribution in [1.82, 2.24) is 0 Å². The molecule has 0 aliphatic carbocycles. The number of nitrogens with one attached hydrogen (secondary N) is 1. The van der Waals surface area contributed by atoms with Crippen LogP contribution in [0.4, 0.5) is 5.69 Å². The maximum atomic E-state index is 12.0. The summed E-state index contributed by atoms with van der Waals surface area (Å²) in [6, 6.07) is 15.4. The van der Waals surface area contributed by atoms with Gasteiger partial charge in [0.25, 0.3) is 0 Å². The van der Waals surface area contributed by atoms with Crippen molar-refractivity contribution < 1.29 is 9.53 Å². The molecule has 1 N–H and O–H groups in total. The molecule has 21 heavy (non-hydrogen) atoms. The molecule has 0 aliphatic rings. The van der Waals surface area contributed by atoms with E-state index in [0.29, 0.717) is 19.4 Å². The Morgan fingerprint density at radius 2 is 1.86 bits per heavy atom. The Hall–Kier alpha value is -1.81. The van der Waals surface area contributed by atoms with Crippen molar-refractivity contribution in [3.63, 3.8) is 0 Å². The van der Waals surface area contributed by atoms with E-state index in [4.69, 9.17) is 4.74 Å². The molecule has 0 fully saturated rings. The number of rotatable bonds is 6. The lowest BCUT2D eigenvalue weighted by Gasteiger charge is -2.10. The fourth-order valence-corrected chi connectivity index (χ4v) is 2.41. The minimum absolute atomic E-state index is 0.00629. The van der Waals surface area contributed by atoms with E-state index in [1.54, 1.807) is 0 Å². The van der Waals surface area contributed by atoms with Crippen LogP contribution >= 0.6 is 15.9 Å². The highest BCUT2D eigenvalue weighted by Crippen LogP contribution is 2.22. The number of para-hydroxylation sites is 2. The zero-order valence-electron chi connectivity index (χ0n) is 11.9. The topological polar surface area (TPSA) is 38.3 Å². The summed E-state index contributed by atoms with van der Waals surface area (Å²) in [6.45, 7) is 2.58. The molecule has 0 radical (unpaired) electrons. The summed E-state index contributed by atoms with van der Waals surface area (Å²) in [5, 5.41) is 2.91. The number of carbonyl (C=O) groups excluding carboxylic acids is 1. The number of hydrogen-bond donors (Lipinski definition) is 1. The van der Waals surface area contributed by atoms with Crippen LogP contribution in [0.25, 0.3) is 0 Å². The highest BCUT2D eigenvalue weighted by Gasteiger charge is 2.08. The van der Waals surface area contributed by atoms with Gasteiger partial charge in [0, 0.05) is 10.9 Å². The second kappa shape index (κ2) is 7.84. The number of ether oxygens (including phenoxy) is 1. The van der Waals surface area contributed by atoms with E-state index in [1.807, 2.05) is 55.5 Å². The molecule has 3 nitrogen and oxygen atoms in total. The number of amides is 1. The Bertz CT molecular complexity index is 613. The lowest BCUT2D eigenvalue weighted by molar-refractivity contribution is -0.116. The average Bonchev–Trinajstić information content (AvgIpc) is 2.49. The average molecular weight is 348 g/mol. The first-order valence-electron chi connectivity index (χ1n) is 6.95. The Balaban J connectivity index is 1.94. The lowest BCUT2D eigenvalue weighted by Crippen LogP contribution is -2.13. The standard InChI is InChI=1S/C17H18BrNO2/c1-2-21-16-10-6-3-7-13(16)11-12-17(20)19-15-9-5-4-8-14(15)18/h3-10H,2,11-12H2,1H3,(H,19,20). The van der Waals surface area contributed by atoms with Crippen LogP contribution < -0.4 is 10.1 Å². The molecule has 0 unspecified atom stereocenters. The number of benzene rings is 2. The molecular weight excluding hydrogens is 330 g/mol. The molecule has 1 amide bonds. The second-order valence-electron chi connectivity index (χ2n) is 4.57. The largest absolute Gasteiger partial charge is 0.494 e. The van der Waals surface area contributed by atoms with Crippen LogP contribution in [0.1, 0.15) is 18.9 Å². The van der Waals surface area contributed by atoms with Crippen molar-refractivity contribution in [1.29, 1.82) is 0 Å². The van der Waals surface area contributed by atoms with Crippen molar-refractivity contribution in [2.75, 3.05) is 11.9 Å². The quantitative estimate of drug-likeness (QED) is 0.839. The molecule has 0 aromatic heterocycles. The maximum Gasteiger partial charge on any atom is 0.224 e. The summed E-state index contributed by atoms with van der Waals surface area (Å²) >= 11 is 3.42. The van der Waals surface area contributed by atoms with Crippen LogP contribution in [0.3, 0.4) is 0 Å². The SMILES string of the molecule is CCOc1ccccc1CCC(=O)Nc1ccccc1Br. The highest BCUT2D eigenvalue weighted by atomic mass is 79.9. The molecular formula is C17H18BrNO2. The fraction of sp³-hybridized carbons (Fsp3) is 0.235. The van der Waals surface area contributed by atoms with Gasteiger partial charge in [-0.2, -0.15) is 0 Å². The zero-order valence-corrected chi connectivity index (χ0v) is 13.5. The normalized spacial score (nSPS) is 10.2. The third kappa shape index (κ3) is 4.60. The van der Waals surface area contributed by atoms with E-state index in [1.165, 1.54) is 0 Å². The third-order valence-electron chi connectivity index (χ3n) is 3.04. The number of carbonyl (C=O) groups is 1. The summed E-state index contributed by atoms with van der Waals surface area (Å²) in [4.78, 5) is 12.0. The van der Waals surface area contributed by atoms with Crippen LogP contribution in [-0.2, 0) is 11.2 Å². The summed E-state index contributed by atoms with van der Waals surface area (Å²) in [5.41, 5.74) is 1.85. The first-order valence-corrected chi connectivity index (χ1v) is 7.75. The minimum Gasteiger partial charge on any atom is -0.494 e. The van der Waals surface area contributed by atoms with Gasteiger partial charge >= 0.3 is 0 Å². The Morgan fingerprint density at radius 1 is 1.14 bits per heavy atom. The summed E-state index contributed by atoms with van der Waals surface area (Å²) in [7, 11) is 0. The number of hydrogen-bond acceptors (Lipinski definition) is 2. The van der Waals surface area contributed by atoms with Crippen LogP contribution in [0.5, 0.6) is 5.75 Å². The van der Waals surface area contributed by atoms with Crippen molar-refractivity contribution in [3.8, 4) is 5.75 Å². The van der Waals surface area contributed by atoms with Crippen molar-refractivity contribution in [3.05, 3.63) is 58.6 Å². The Morgan fingerprint density at radius 3 is 2.62 bits per heavy atom. The predicted molar refractivity (Wildman–Crippen MR) is 88.7 cm³/mol. The van der Waals surface area contributed by atoms with Gasteiger partial charge in [-0.3, -0.25) is 4.79 Å². The van der Waals surface area contributed by atoms with Crippen molar-refractivity contribution in [2.24, 2.45) is 0 Å². The van der Waals surface area contributed by atoms with E-state index < -0.39 is 0 Å². The smallest absolute Gasteiger partial charge is 0.224 e. The molecule has 0 aliphatic heterocycles.